The predicted molar refractivity (Wildman–Crippen MR) is 79.6 cm³/mol. The Hall–Kier alpha value is -2.71. The summed E-state index contributed by atoms with van der Waals surface area (Å²) in [5.74, 6) is -3.31. The molecule has 1 aromatic carbocycles. The number of hydrogen-bond donors (Lipinski definition) is 2. The third-order valence-electron chi connectivity index (χ3n) is 3.18. The number of primary amides is 1. The van der Waals surface area contributed by atoms with Gasteiger partial charge in [0.05, 0.1) is 5.56 Å². The number of nitrogens with one attached hydrogen (secondary N) is 1. The van der Waals surface area contributed by atoms with Crippen LogP contribution in [0, 0.1) is 11.6 Å². The van der Waals surface area contributed by atoms with E-state index in [0.29, 0.717) is 13.0 Å². The van der Waals surface area contributed by atoms with Crippen molar-refractivity contribution in [2.24, 2.45) is 5.73 Å². The normalized spacial score (nSPS) is 10.9. The van der Waals surface area contributed by atoms with Gasteiger partial charge in [0.15, 0.2) is 11.6 Å². The zero-order valence-electron chi connectivity index (χ0n) is 12.6. The number of amides is 1. The van der Waals surface area contributed by atoms with E-state index in [0.717, 1.165) is 18.2 Å². The van der Waals surface area contributed by atoms with Gasteiger partial charge in [0, 0.05) is 23.9 Å². The zero-order chi connectivity index (χ0) is 17.9. The maximum Gasteiger partial charge on any atom is 0.282 e. The molecule has 0 aliphatic rings. The minimum absolute atomic E-state index is 0.00414. The first-order valence-electron chi connectivity index (χ1n) is 7.04. The van der Waals surface area contributed by atoms with Gasteiger partial charge >= 0.3 is 0 Å². The lowest BCUT2D eigenvalue weighted by molar-refractivity contribution is 0.0999. The fourth-order valence-electron chi connectivity index (χ4n) is 2.05. The molecule has 0 saturated heterocycles. The van der Waals surface area contributed by atoms with Crippen molar-refractivity contribution >= 4 is 11.6 Å². The highest BCUT2D eigenvalue weighted by Gasteiger charge is 2.21. The van der Waals surface area contributed by atoms with Crippen molar-refractivity contribution < 1.29 is 22.4 Å². The van der Waals surface area contributed by atoms with E-state index in [-0.39, 0.29) is 22.5 Å². The first kappa shape index (κ1) is 17.6. The molecule has 0 spiro atoms. The number of hydrogen-bond acceptors (Lipinski definition) is 4. The Bertz CT molecular complexity index is 767. The summed E-state index contributed by atoms with van der Waals surface area (Å²) >= 11 is 0. The van der Waals surface area contributed by atoms with Crippen LogP contribution in [0.3, 0.4) is 0 Å². The summed E-state index contributed by atoms with van der Waals surface area (Å²) in [5.41, 5.74) is 4.06. The van der Waals surface area contributed by atoms with Crippen molar-refractivity contribution in [2.45, 2.75) is 19.8 Å². The minimum atomic E-state index is -2.95. The molecule has 3 N–H and O–H groups in total. The van der Waals surface area contributed by atoms with Gasteiger partial charge in [-0.2, -0.15) is 0 Å². The van der Waals surface area contributed by atoms with Crippen molar-refractivity contribution in [1.82, 2.24) is 10.2 Å². The first-order chi connectivity index (χ1) is 11.3. The highest BCUT2D eigenvalue weighted by molar-refractivity contribution is 6.00. The maximum absolute atomic E-state index is 13.6. The van der Waals surface area contributed by atoms with Crippen molar-refractivity contribution in [1.29, 1.82) is 0 Å². The Morgan fingerprint density at radius 2 is 1.88 bits per heavy atom. The van der Waals surface area contributed by atoms with E-state index < -0.39 is 29.7 Å². The van der Waals surface area contributed by atoms with Gasteiger partial charge in [-0.25, -0.2) is 17.6 Å². The van der Waals surface area contributed by atoms with E-state index in [4.69, 9.17) is 5.73 Å². The SMILES string of the molecule is CCCNc1cc(F)c(F)cc1-c1nnc(C(F)F)cc1C(N)=O. The van der Waals surface area contributed by atoms with Crippen molar-refractivity contribution in [3.63, 3.8) is 0 Å². The average Bonchev–Trinajstić information content (AvgIpc) is 2.54. The van der Waals surface area contributed by atoms with Gasteiger partial charge < -0.3 is 11.1 Å². The lowest BCUT2D eigenvalue weighted by atomic mass is 10.0. The van der Waals surface area contributed by atoms with Crippen LogP contribution in [0.15, 0.2) is 18.2 Å². The quantitative estimate of drug-likeness (QED) is 0.790. The standard InChI is InChI=1S/C15H14F4N4O/c1-2-3-21-11-6-10(17)9(16)4-7(11)13-8(15(20)24)5-12(14(18)19)22-23-13/h4-6,14,21H,2-3H2,1H3,(H2,20,24). The van der Waals surface area contributed by atoms with Crippen LogP contribution in [0.4, 0.5) is 23.2 Å². The zero-order valence-corrected chi connectivity index (χ0v) is 12.6. The molecule has 0 atom stereocenters. The Morgan fingerprint density at radius 1 is 1.21 bits per heavy atom. The molecule has 2 aromatic rings. The lowest BCUT2D eigenvalue weighted by Gasteiger charge is -2.14. The number of nitrogens with zero attached hydrogens (tertiary/aromatic N) is 2. The van der Waals surface area contributed by atoms with Gasteiger partial charge in [0.25, 0.3) is 12.3 Å². The number of halogens is 4. The van der Waals surface area contributed by atoms with Gasteiger partial charge in [-0.15, -0.1) is 10.2 Å². The molecule has 0 fully saturated rings. The van der Waals surface area contributed by atoms with Crippen LogP contribution in [-0.2, 0) is 0 Å². The van der Waals surface area contributed by atoms with Crippen LogP contribution in [0.1, 0.15) is 35.8 Å². The summed E-state index contributed by atoms with van der Waals surface area (Å²) in [6, 6.07) is 2.50. The molecule has 0 aliphatic carbocycles. The van der Waals surface area contributed by atoms with Gasteiger partial charge in [0.1, 0.15) is 11.4 Å². The molecule has 0 aliphatic heterocycles. The molecule has 0 saturated carbocycles. The van der Waals surface area contributed by atoms with Gasteiger partial charge in [-0.05, 0) is 18.6 Å². The Balaban J connectivity index is 2.66. The predicted octanol–water partition coefficient (Wildman–Crippen LogP) is 3.28. The molecule has 9 heteroatoms. The van der Waals surface area contributed by atoms with Crippen LogP contribution in [0.25, 0.3) is 11.3 Å². The minimum Gasteiger partial charge on any atom is -0.384 e. The number of nitrogens with two attached hydrogens (primary N) is 1. The summed E-state index contributed by atoms with van der Waals surface area (Å²) in [6.07, 6.45) is -2.26. The van der Waals surface area contributed by atoms with Gasteiger partial charge in [-0.1, -0.05) is 6.92 Å². The van der Waals surface area contributed by atoms with E-state index in [1.54, 1.807) is 0 Å². The number of rotatable bonds is 6. The smallest absolute Gasteiger partial charge is 0.282 e. The summed E-state index contributed by atoms with van der Waals surface area (Å²) in [4.78, 5) is 11.6. The highest BCUT2D eigenvalue weighted by atomic mass is 19.3. The molecule has 0 unspecified atom stereocenters. The second kappa shape index (κ2) is 7.24. The second-order valence-electron chi connectivity index (χ2n) is 4.94. The lowest BCUT2D eigenvalue weighted by Crippen LogP contribution is -2.16. The molecular weight excluding hydrogens is 328 g/mol. The van der Waals surface area contributed by atoms with E-state index in [1.165, 1.54) is 0 Å². The second-order valence-corrected chi connectivity index (χ2v) is 4.94. The van der Waals surface area contributed by atoms with Gasteiger partial charge in [-0.3, -0.25) is 4.79 Å². The Labute approximate surface area is 134 Å². The molecule has 2 rings (SSSR count). The number of aromatic nitrogens is 2. The Kier molecular flexibility index (Phi) is 5.32. The Morgan fingerprint density at radius 3 is 2.46 bits per heavy atom. The van der Waals surface area contributed by atoms with Crippen LogP contribution >= 0.6 is 0 Å². The number of alkyl halides is 2. The average molecular weight is 342 g/mol. The van der Waals surface area contributed by atoms with Crippen LogP contribution in [-0.4, -0.2) is 22.6 Å². The third kappa shape index (κ3) is 3.61. The molecular formula is C15H14F4N4O. The van der Waals surface area contributed by atoms with E-state index >= 15 is 0 Å². The van der Waals surface area contributed by atoms with E-state index in [2.05, 4.69) is 15.5 Å². The largest absolute Gasteiger partial charge is 0.384 e. The number of carbonyl (C=O) groups is 1. The van der Waals surface area contributed by atoms with Crippen molar-refractivity contribution in [3.05, 3.63) is 41.1 Å². The molecule has 1 amide bonds. The number of benzene rings is 1. The molecule has 0 radical (unpaired) electrons. The van der Waals surface area contributed by atoms with E-state index in [9.17, 15) is 22.4 Å². The fraction of sp³-hybridized carbons (Fsp3) is 0.267. The molecule has 24 heavy (non-hydrogen) atoms. The molecule has 128 valence electrons. The molecule has 1 aromatic heterocycles. The van der Waals surface area contributed by atoms with Crippen LogP contribution in [0.2, 0.25) is 0 Å². The molecule has 1 heterocycles. The van der Waals surface area contributed by atoms with E-state index in [1.807, 2.05) is 6.92 Å². The third-order valence-corrected chi connectivity index (χ3v) is 3.18. The van der Waals surface area contributed by atoms with Crippen molar-refractivity contribution in [2.75, 3.05) is 11.9 Å². The highest BCUT2D eigenvalue weighted by Crippen LogP contribution is 2.32. The molecule has 5 nitrogen and oxygen atoms in total. The summed E-state index contributed by atoms with van der Waals surface area (Å²) in [5, 5.41) is 9.75. The maximum atomic E-state index is 13.6. The monoisotopic (exact) mass is 342 g/mol. The summed E-state index contributed by atoms with van der Waals surface area (Å²) in [7, 11) is 0. The number of carbonyl (C=O) groups excluding carboxylic acids is 1. The fourth-order valence-corrected chi connectivity index (χ4v) is 2.05. The topological polar surface area (TPSA) is 80.9 Å². The van der Waals surface area contributed by atoms with Crippen molar-refractivity contribution in [3.8, 4) is 11.3 Å². The summed E-state index contributed by atoms with van der Waals surface area (Å²) < 4.78 is 52.6. The van der Waals surface area contributed by atoms with Gasteiger partial charge in [0.2, 0.25) is 0 Å². The first-order valence-corrected chi connectivity index (χ1v) is 7.04. The summed E-state index contributed by atoms with van der Waals surface area (Å²) in [6.45, 7) is 2.30. The molecule has 0 bridgehead atoms. The van der Waals surface area contributed by atoms with Crippen LogP contribution in [0.5, 0.6) is 0 Å². The number of anilines is 1. The van der Waals surface area contributed by atoms with Crippen LogP contribution < -0.4 is 11.1 Å².